The summed E-state index contributed by atoms with van der Waals surface area (Å²) in [6.45, 7) is -0.167. The average Bonchev–Trinajstić information content (AvgIpc) is 2.12. The van der Waals surface area contributed by atoms with Crippen LogP contribution in [0, 0.1) is 5.41 Å². The Bertz CT molecular complexity index is 166. The van der Waals surface area contributed by atoms with Gasteiger partial charge in [-0.2, -0.15) is 13.2 Å². The summed E-state index contributed by atoms with van der Waals surface area (Å²) in [6, 6.07) is 0. The molecular formula is C8H15F3O3. The van der Waals surface area contributed by atoms with E-state index in [0.717, 1.165) is 0 Å². The van der Waals surface area contributed by atoms with E-state index in [-0.39, 0.29) is 6.42 Å². The first-order valence-electron chi connectivity index (χ1n) is 4.30. The molecule has 1 unspecified atom stereocenters. The first kappa shape index (κ1) is 13.7. The van der Waals surface area contributed by atoms with Gasteiger partial charge in [-0.1, -0.05) is 13.3 Å². The highest BCUT2D eigenvalue weighted by Gasteiger charge is 2.51. The minimum Gasteiger partial charge on any atom is -0.396 e. The van der Waals surface area contributed by atoms with Crippen LogP contribution >= 0.6 is 0 Å². The molecule has 0 rings (SSSR count). The second-order valence-corrected chi connectivity index (χ2v) is 3.37. The van der Waals surface area contributed by atoms with Crippen LogP contribution in [-0.2, 0) is 0 Å². The van der Waals surface area contributed by atoms with Crippen LogP contribution in [0.5, 0.6) is 0 Å². The molecule has 0 aromatic heterocycles. The molecule has 0 amide bonds. The fourth-order valence-electron chi connectivity index (χ4n) is 1.36. The van der Waals surface area contributed by atoms with Gasteiger partial charge in [-0.15, -0.1) is 0 Å². The van der Waals surface area contributed by atoms with Crippen molar-refractivity contribution in [2.75, 3.05) is 13.2 Å². The van der Waals surface area contributed by atoms with E-state index >= 15 is 0 Å². The zero-order chi connectivity index (χ0) is 11.4. The van der Waals surface area contributed by atoms with Gasteiger partial charge < -0.3 is 15.3 Å². The third-order valence-corrected chi connectivity index (χ3v) is 2.27. The molecule has 0 aliphatic rings. The van der Waals surface area contributed by atoms with Crippen LogP contribution in [0.15, 0.2) is 0 Å². The van der Waals surface area contributed by atoms with Crippen LogP contribution in [-0.4, -0.2) is 40.8 Å². The standard InChI is InChI=1S/C8H15F3O3/c1-2-3-7(4-12,5-13)6(14)8(9,10)11/h6,12-14H,2-5H2,1H3. The van der Waals surface area contributed by atoms with E-state index < -0.39 is 30.9 Å². The second-order valence-electron chi connectivity index (χ2n) is 3.37. The molecule has 6 heteroatoms. The quantitative estimate of drug-likeness (QED) is 0.633. The number of halogens is 3. The fourth-order valence-corrected chi connectivity index (χ4v) is 1.36. The summed E-state index contributed by atoms with van der Waals surface area (Å²) in [5.74, 6) is 0. The smallest absolute Gasteiger partial charge is 0.396 e. The highest BCUT2D eigenvalue weighted by atomic mass is 19.4. The Labute approximate surface area is 80.2 Å². The summed E-state index contributed by atoms with van der Waals surface area (Å²) < 4.78 is 36.5. The molecule has 0 aromatic carbocycles. The molecule has 0 fully saturated rings. The summed E-state index contributed by atoms with van der Waals surface area (Å²) in [4.78, 5) is 0. The van der Waals surface area contributed by atoms with Gasteiger partial charge in [0.2, 0.25) is 0 Å². The Hall–Kier alpha value is -0.330. The van der Waals surface area contributed by atoms with Crippen molar-refractivity contribution in [1.29, 1.82) is 0 Å². The van der Waals surface area contributed by atoms with E-state index in [1.807, 2.05) is 0 Å². The first-order valence-corrected chi connectivity index (χ1v) is 4.30. The van der Waals surface area contributed by atoms with Crippen LogP contribution in [0.3, 0.4) is 0 Å². The van der Waals surface area contributed by atoms with E-state index in [4.69, 9.17) is 15.3 Å². The SMILES string of the molecule is CCCC(CO)(CO)C(O)C(F)(F)F. The van der Waals surface area contributed by atoms with Gasteiger partial charge in [-0.3, -0.25) is 0 Å². The monoisotopic (exact) mass is 216 g/mol. The normalized spacial score (nSPS) is 15.6. The van der Waals surface area contributed by atoms with E-state index in [9.17, 15) is 13.2 Å². The Kier molecular flexibility index (Phi) is 4.83. The van der Waals surface area contributed by atoms with E-state index in [2.05, 4.69) is 0 Å². The predicted molar refractivity (Wildman–Crippen MR) is 43.6 cm³/mol. The maximum atomic E-state index is 12.2. The Balaban J connectivity index is 4.79. The van der Waals surface area contributed by atoms with Crippen molar-refractivity contribution in [2.24, 2.45) is 5.41 Å². The number of aliphatic hydroxyl groups is 3. The van der Waals surface area contributed by atoms with Crippen LogP contribution in [0.1, 0.15) is 19.8 Å². The Morgan fingerprint density at radius 3 is 1.79 bits per heavy atom. The molecule has 0 saturated carbocycles. The number of hydrogen-bond donors (Lipinski definition) is 3. The van der Waals surface area contributed by atoms with Crippen LogP contribution in [0.2, 0.25) is 0 Å². The summed E-state index contributed by atoms with van der Waals surface area (Å²) in [5, 5.41) is 26.6. The van der Waals surface area contributed by atoms with E-state index in [0.29, 0.717) is 6.42 Å². The maximum absolute atomic E-state index is 12.2. The predicted octanol–water partition coefficient (Wildman–Crippen LogP) is 0.681. The molecule has 0 spiro atoms. The van der Waals surface area contributed by atoms with Crippen LogP contribution in [0.25, 0.3) is 0 Å². The lowest BCUT2D eigenvalue weighted by Gasteiger charge is -2.35. The molecule has 0 aliphatic carbocycles. The van der Waals surface area contributed by atoms with Gasteiger partial charge in [0, 0.05) is 0 Å². The van der Waals surface area contributed by atoms with Crippen LogP contribution < -0.4 is 0 Å². The highest BCUT2D eigenvalue weighted by molar-refractivity contribution is 4.89. The summed E-state index contributed by atoms with van der Waals surface area (Å²) in [5.41, 5.74) is -1.88. The minimum absolute atomic E-state index is 0.0827. The molecule has 0 bridgehead atoms. The topological polar surface area (TPSA) is 60.7 Å². The average molecular weight is 216 g/mol. The lowest BCUT2D eigenvalue weighted by atomic mass is 9.79. The van der Waals surface area contributed by atoms with Crippen molar-refractivity contribution in [1.82, 2.24) is 0 Å². The molecule has 86 valence electrons. The van der Waals surface area contributed by atoms with Gasteiger partial charge in [-0.05, 0) is 6.42 Å². The van der Waals surface area contributed by atoms with Crippen molar-refractivity contribution in [3.63, 3.8) is 0 Å². The Morgan fingerprint density at radius 2 is 1.57 bits per heavy atom. The number of alkyl halides is 3. The van der Waals surface area contributed by atoms with Crippen molar-refractivity contribution >= 4 is 0 Å². The van der Waals surface area contributed by atoms with Crippen molar-refractivity contribution < 1.29 is 28.5 Å². The van der Waals surface area contributed by atoms with Gasteiger partial charge in [0.15, 0.2) is 6.10 Å². The van der Waals surface area contributed by atoms with Crippen molar-refractivity contribution in [2.45, 2.75) is 32.0 Å². The molecule has 0 heterocycles. The largest absolute Gasteiger partial charge is 0.415 e. The zero-order valence-electron chi connectivity index (χ0n) is 7.88. The molecule has 3 N–H and O–H groups in total. The highest BCUT2D eigenvalue weighted by Crippen LogP contribution is 2.37. The van der Waals surface area contributed by atoms with E-state index in [1.165, 1.54) is 0 Å². The number of rotatable bonds is 5. The van der Waals surface area contributed by atoms with Gasteiger partial charge in [0.05, 0.1) is 18.6 Å². The lowest BCUT2D eigenvalue weighted by molar-refractivity contribution is -0.252. The summed E-state index contributed by atoms with van der Waals surface area (Å²) in [7, 11) is 0. The zero-order valence-corrected chi connectivity index (χ0v) is 7.88. The van der Waals surface area contributed by atoms with E-state index in [1.54, 1.807) is 6.92 Å². The third-order valence-electron chi connectivity index (χ3n) is 2.27. The molecule has 0 radical (unpaired) electrons. The first-order chi connectivity index (χ1) is 6.34. The Morgan fingerprint density at radius 1 is 1.14 bits per heavy atom. The molecular weight excluding hydrogens is 201 g/mol. The van der Waals surface area contributed by atoms with Gasteiger partial charge in [-0.25, -0.2) is 0 Å². The lowest BCUT2D eigenvalue weighted by Crippen LogP contribution is -2.50. The molecule has 3 nitrogen and oxygen atoms in total. The van der Waals surface area contributed by atoms with Crippen LogP contribution in [0.4, 0.5) is 13.2 Å². The fraction of sp³-hybridized carbons (Fsp3) is 1.00. The molecule has 0 aromatic rings. The third kappa shape index (κ3) is 2.83. The maximum Gasteiger partial charge on any atom is 0.415 e. The van der Waals surface area contributed by atoms with Crippen molar-refractivity contribution in [3.8, 4) is 0 Å². The van der Waals surface area contributed by atoms with Gasteiger partial charge >= 0.3 is 6.18 Å². The van der Waals surface area contributed by atoms with Gasteiger partial charge in [0.1, 0.15) is 0 Å². The number of hydrogen-bond acceptors (Lipinski definition) is 3. The minimum atomic E-state index is -4.82. The molecule has 0 saturated heterocycles. The van der Waals surface area contributed by atoms with Gasteiger partial charge in [0.25, 0.3) is 0 Å². The number of aliphatic hydroxyl groups excluding tert-OH is 3. The summed E-state index contributed by atoms with van der Waals surface area (Å²) in [6.07, 6.45) is -7.25. The summed E-state index contributed by atoms with van der Waals surface area (Å²) >= 11 is 0. The molecule has 1 atom stereocenters. The molecule has 14 heavy (non-hydrogen) atoms. The molecule has 0 aliphatic heterocycles. The van der Waals surface area contributed by atoms with Crippen molar-refractivity contribution in [3.05, 3.63) is 0 Å². The second kappa shape index (κ2) is 4.95.